The molecule has 1 aliphatic rings. The third kappa shape index (κ3) is 2.60. The Morgan fingerprint density at radius 3 is 2.81 bits per heavy atom. The SMILES string of the molecule is COc1ncccc1NC1CCC(C)(C)c2ccccc21. The van der Waals surface area contributed by atoms with Gasteiger partial charge in [0.05, 0.1) is 18.8 Å². The molecule has 2 aromatic rings. The summed E-state index contributed by atoms with van der Waals surface area (Å²) in [5.74, 6) is 0.653. The average molecular weight is 282 g/mol. The number of pyridine rings is 1. The highest BCUT2D eigenvalue weighted by molar-refractivity contribution is 5.55. The minimum atomic E-state index is 0.244. The Labute approximate surface area is 126 Å². The third-order valence-corrected chi connectivity index (χ3v) is 4.42. The van der Waals surface area contributed by atoms with Crippen molar-refractivity contribution in [2.45, 2.75) is 38.1 Å². The number of hydrogen-bond donors (Lipinski definition) is 1. The number of anilines is 1. The zero-order chi connectivity index (χ0) is 14.9. The number of nitrogens with zero attached hydrogens (tertiary/aromatic N) is 1. The Hall–Kier alpha value is -2.03. The number of nitrogens with one attached hydrogen (secondary N) is 1. The molecule has 21 heavy (non-hydrogen) atoms. The van der Waals surface area contributed by atoms with Crippen molar-refractivity contribution in [3.63, 3.8) is 0 Å². The standard InChI is InChI=1S/C18H22N2O/c1-18(2)11-10-15(13-7-4-5-8-14(13)18)20-16-9-6-12-19-17(16)21-3/h4-9,12,15,20H,10-11H2,1-3H3. The van der Waals surface area contributed by atoms with E-state index in [0.717, 1.165) is 12.1 Å². The molecule has 1 aliphatic carbocycles. The lowest BCUT2D eigenvalue weighted by atomic mass is 9.71. The van der Waals surface area contributed by atoms with Crippen LogP contribution in [0.4, 0.5) is 5.69 Å². The van der Waals surface area contributed by atoms with Gasteiger partial charge in [0.2, 0.25) is 5.88 Å². The Morgan fingerprint density at radius 1 is 1.19 bits per heavy atom. The van der Waals surface area contributed by atoms with Gasteiger partial charge in [0.1, 0.15) is 0 Å². The van der Waals surface area contributed by atoms with Crippen molar-refractivity contribution in [3.05, 3.63) is 53.7 Å². The molecule has 0 saturated carbocycles. The lowest BCUT2D eigenvalue weighted by Crippen LogP contribution is -2.29. The summed E-state index contributed by atoms with van der Waals surface area (Å²) < 4.78 is 5.34. The van der Waals surface area contributed by atoms with E-state index in [1.165, 1.54) is 17.5 Å². The van der Waals surface area contributed by atoms with Crippen LogP contribution in [-0.2, 0) is 5.41 Å². The normalized spacial score (nSPS) is 19.7. The predicted molar refractivity (Wildman–Crippen MR) is 85.9 cm³/mol. The molecular weight excluding hydrogens is 260 g/mol. The molecule has 0 bridgehead atoms. The summed E-state index contributed by atoms with van der Waals surface area (Å²) in [5, 5.41) is 3.61. The van der Waals surface area contributed by atoms with Crippen LogP contribution in [0, 0.1) is 0 Å². The summed E-state index contributed by atoms with van der Waals surface area (Å²) in [5.41, 5.74) is 4.03. The van der Waals surface area contributed by atoms with Gasteiger partial charge in [-0.1, -0.05) is 38.1 Å². The number of fused-ring (bicyclic) bond motifs is 1. The van der Waals surface area contributed by atoms with E-state index in [1.54, 1.807) is 13.3 Å². The van der Waals surface area contributed by atoms with Gasteiger partial charge in [0.25, 0.3) is 0 Å². The van der Waals surface area contributed by atoms with Crippen LogP contribution in [0.15, 0.2) is 42.6 Å². The molecule has 0 amide bonds. The fraction of sp³-hybridized carbons (Fsp3) is 0.389. The summed E-state index contributed by atoms with van der Waals surface area (Å²) in [4.78, 5) is 4.26. The first-order chi connectivity index (χ1) is 10.1. The van der Waals surface area contributed by atoms with E-state index in [1.807, 2.05) is 12.1 Å². The fourth-order valence-electron chi connectivity index (χ4n) is 3.21. The van der Waals surface area contributed by atoms with Crippen LogP contribution >= 0.6 is 0 Å². The van der Waals surface area contributed by atoms with Crippen LogP contribution in [0.5, 0.6) is 5.88 Å². The van der Waals surface area contributed by atoms with Crippen molar-refractivity contribution < 1.29 is 4.74 Å². The molecule has 3 nitrogen and oxygen atoms in total. The van der Waals surface area contributed by atoms with Gasteiger partial charge in [0, 0.05) is 6.20 Å². The number of ether oxygens (including phenoxy) is 1. The zero-order valence-corrected chi connectivity index (χ0v) is 12.9. The summed E-state index contributed by atoms with van der Waals surface area (Å²) >= 11 is 0. The Balaban J connectivity index is 1.94. The van der Waals surface area contributed by atoms with Gasteiger partial charge in [-0.15, -0.1) is 0 Å². The van der Waals surface area contributed by atoms with Gasteiger partial charge < -0.3 is 10.1 Å². The van der Waals surface area contributed by atoms with Crippen LogP contribution in [0.2, 0.25) is 0 Å². The molecular formula is C18H22N2O. The first kappa shape index (κ1) is 13.9. The minimum absolute atomic E-state index is 0.244. The second kappa shape index (κ2) is 5.40. The second-order valence-corrected chi connectivity index (χ2v) is 6.27. The summed E-state index contributed by atoms with van der Waals surface area (Å²) in [6.07, 6.45) is 4.04. The van der Waals surface area contributed by atoms with E-state index < -0.39 is 0 Å². The fourth-order valence-corrected chi connectivity index (χ4v) is 3.21. The van der Waals surface area contributed by atoms with Gasteiger partial charge in [-0.25, -0.2) is 4.98 Å². The Kier molecular flexibility index (Phi) is 3.58. The highest BCUT2D eigenvalue weighted by atomic mass is 16.5. The molecule has 0 radical (unpaired) electrons. The molecule has 110 valence electrons. The topological polar surface area (TPSA) is 34.1 Å². The zero-order valence-electron chi connectivity index (χ0n) is 12.9. The lowest BCUT2D eigenvalue weighted by Gasteiger charge is -2.37. The quantitative estimate of drug-likeness (QED) is 0.910. The molecule has 1 heterocycles. The van der Waals surface area contributed by atoms with Gasteiger partial charge in [-0.3, -0.25) is 0 Å². The molecule has 0 saturated heterocycles. The van der Waals surface area contributed by atoms with Gasteiger partial charge >= 0.3 is 0 Å². The molecule has 1 aromatic carbocycles. The van der Waals surface area contributed by atoms with Crippen LogP contribution in [0.1, 0.15) is 43.9 Å². The molecule has 3 rings (SSSR count). The number of benzene rings is 1. The van der Waals surface area contributed by atoms with Crippen molar-refractivity contribution >= 4 is 5.69 Å². The maximum absolute atomic E-state index is 5.34. The summed E-state index contributed by atoms with van der Waals surface area (Å²) in [6, 6.07) is 13.0. The van der Waals surface area contributed by atoms with Crippen molar-refractivity contribution in [3.8, 4) is 5.88 Å². The molecule has 0 fully saturated rings. The number of aromatic nitrogens is 1. The van der Waals surface area contributed by atoms with Gasteiger partial charge in [-0.2, -0.15) is 0 Å². The van der Waals surface area contributed by atoms with Crippen LogP contribution < -0.4 is 10.1 Å². The van der Waals surface area contributed by atoms with E-state index >= 15 is 0 Å². The monoisotopic (exact) mass is 282 g/mol. The van der Waals surface area contributed by atoms with Crippen LogP contribution in [0.3, 0.4) is 0 Å². The van der Waals surface area contributed by atoms with E-state index in [4.69, 9.17) is 4.74 Å². The highest BCUT2D eigenvalue weighted by Gasteiger charge is 2.32. The van der Waals surface area contributed by atoms with Crippen LogP contribution in [0.25, 0.3) is 0 Å². The first-order valence-electron chi connectivity index (χ1n) is 7.47. The molecule has 0 spiro atoms. The predicted octanol–water partition coefficient (Wildman–Crippen LogP) is 4.31. The third-order valence-electron chi connectivity index (χ3n) is 4.42. The van der Waals surface area contributed by atoms with E-state index in [0.29, 0.717) is 11.9 Å². The molecule has 0 aliphatic heterocycles. The highest BCUT2D eigenvalue weighted by Crippen LogP contribution is 2.43. The number of rotatable bonds is 3. The molecule has 1 N–H and O–H groups in total. The van der Waals surface area contributed by atoms with Gasteiger partial charge in [-0.05, 0) is 41.5 Å². The molecule has 1 unspecified atom stereocenters. The largest absolute Gasteiger partial charge is 0.480 e. The Bertz CT molecular complexity index is 637. The molecule has 3 heteroatoms. The Morgan fingerprint density at radius 2 is 2.00 bits per heavy atom. The van der Waals surface area contributed by atoms with Crippen molar-refractivity contribution in [1.29, 1.82) is 0 Å². The molecule has 1 atom stereocenters. The summed E-state index contributed by atoms with van der Waals surface area (Å²) in [7, 11) is 1.66. The first-order valence-corrected chi connectivity index (χ1v) is 7.47. The van der Waals surface area contributed by atoms with E-state index in [9.17, 15) is 0 Å². The van der Waals surface area contributed by atoms with Crippen molar-refractivity contribution in [1.82, 2.24) is 4.98 Å². The van der Waals surface area contributed by atoms with Gasteiger partial charge in [0.15, 0.2) is 0 Å². The van der Waals surface area contributed by atoms with E-state index in [2.05, 4.69) is 48.4 Å². The summed E-state index contributed by atoms with van der Waals surface area (Å²) in [6.45, 7) is 4.65. The minimum Gasteiger partial charge on any atom is -0.480 e. The maximum atomic E-state index is 5.34. The van der Waals surface area contributed by atoms with Crippen molar-refractivity contribution in [2.75, 3.05) is 12.4 Å². The average Bonchev–Trinajstić information content (AvgIpc) is 2.51. The number of methoxy groups -OCH3 is 1. The lowest BCUT2D eigenvalue weighted by molar-refractivity contribution is 0.393. The number of hydrogen-bond acceptors (Lipinski definition) is 3. The maximum Gasteiger partial charge on any atom is 0.237 e. The van der Waals surface area contributed by atoms with Crippen LogP contribution in [-0.4, -0.2) is 12.1 Å². The molecule has 1 aromatic heterocycles. The smallest absolute Gasteiger partial charge is 0.237 e. The van der Waals surface area contributed by atoms with Crippen molar-refractivity contribution in [2.24, 2.45) is 0 Å². The second-order valence-electron chi connectivity index (χ2n) is 6.27. The van der Waals surface area contributed by atoms with E-state index in [-0.39, 0.29) is 5.41 Å².